The number of hydrogen-bond acceptors (Lipinski definition) is 6. The number of nitrogens with zero attached hydrogens (tertiary/aromatic N) is 4. The SMILES string of the molecule is CNCC(=O)N1CCC[C@H]1c1ccnc(Nc2ccccn2)n1. The third kappa shape index (κ3) is 3.62. The average Bonchev–Trinajstić information content (AvgIpc) is 3.06. The number of rotatable bonds is 5. The van der Waals surface area contributed by atoms with Crippen LogP contribution in [0.25, 0.3) is 0 Å². The van der Waals surface area contributed by atoms with E-state index >= 15 is 0 Å². The van der Waals surface area contributed by atoms with Gasteiger partial charge in [0.2, 0.25) is 11.9 Å². The Morgan fingerprint density at radius 3 is 3.00 bits per heavy atom. The quantitative estimate of drug-likeness (QED) is 0.870. The van der Waals surface area contributed by atoms with Gasteiger partial charge in [-0.3, -0.25) is 4.79 Å². The first-order valence-corrected chi connectivity index (χ1v) is 7.73. The lowest BCUT2D eigenvalue weighted by molar-refractivity contribution is -0.131. The van der Waals surface area contributed by atoms with Crippen LogP contribution in [-0.2, 0) is 4.79 Å². The molecule has 0 saturated carbocycles. The van der Waals surface area contributed by atoms with Crippen LogP contribution in [0.4, 0.5) is 11.8 Å². The molecule has 0 bridgehead atoms. The lowest BCUT2D eigenvalue weighted by atomic mass is 10.1. The van der Waals surface area contributed by atoms with Crippen molar-refractivity contribution in [1.29, 1.82) is 0 Å². The molecule has 7 nitrogen and oxygen atoms in total. The minimum absolute atomic E-state index is 0.0168. The Balaban J connectivity index is 1.77. The number of likely N-dealkylation sites (tertiary alicyclic amines) is 1. The van der Waals surface area contributed by atoms with E-state index in [9.17, 15) is 4.79 Å². The van der Waals surface area contributed by atoms with Gasteiger partial charge >= 0.3 is 0 Å². The van der Waals surface area contributed by atoms with Gasteiger partial charge in [0, 0.05) is 18.9 Å². The molecule has 1 aliphatic rings. The summed E-state index contributed by atoms with van der Waals surface area (Å²) in [6.07, 6.45) is 5.34. The second-order valence-corrected chi connectivity index (χ2v) is 5.42. The highest BCUT2D eigenvalue weighted by Crippen LogP contribution is 2.31. The molecule has 2 aromatic rings. The van der Waals surface area contributed by atoms with Crippen LogP contribution in [0, 0.1) is 0 Å². The van der Waals surface area contributed by atoms with Gasteiger partial charge in [0.25, 0.3) is 0 Å². The molecule has 23 heavy (non-hydrogen) atoms. The predicted molar refractivity (Wildman–Crippen MR) is 87.2 cm³/mol. The van der Waals surface area contributed by atoms with Crippen LogP contribution in [0.15, 0.2) is 36.7 Å². The first-order valence-electron chi connectivity index (χ1n) is 7.73. The summed E-state index contributed by atoms with van der Waals surface area (Å²) in [4.78, 5) is 27.1. The second-order valence-electron chi connectivity index (χ2n) is 5.42. The molecule has 1 fully saturated rings. The van der Waals surface area contributed by atoms with E-state index in [1.165, 1.54) is 0 Å². The fraction of sp³-hybridized carbons (Fsp3) is 0.375. The Morgan fingerprint density at radius 2 is 2.22 bits per heavy atom. The van der Waals surface area contributed by atoms with E-state index < -0.39 is 0 Å². The molecular weight excluding hydrogens is 292 g/mol. The zero-order valence-electron chi connectivity index (χ0n) is 13.1. The van der Waals surface area contributed by atoms with E-state index in [4.69, 9.17) is 0 Å². The van der Waals surface area contributed by atoms with Crippen molar-refractivity contribution < 1.29 is 4.79 Å². The zero-order valence-corrected chi connectivity index (χ0v) is 13.1. The van der Waals surface area contributed by atoms with Gasteiger partial charge in [-0.15, -0.1) is 0 Å². The molecule has 7 heteroatoms. The maximum absolute atomic E-state index is 12.2. The maximum Gasteiger partial charge on any atom is 0.237 e. The lowest BCUT2D eigenvalue weighted by Crippen LogP contribution is -2.37. The fourth-order valence-corrected chi connectivity index (χ4v) is 2.80. The molecular formula is C16H20N6O. The summed E-state index contributed by atoms with van der Waals surface area (Å²) in [5.74, 6) is 1.29. The van der Waals surface area contributed by atoms with Crippen molar-refractivity contribution in [3.63, 3.8) is 0 Å². The van der Waals surface area contributed by atoms with Crippen LogP contribution in [-0.4, -0.2) is 45.9 Å². The minimum atomic E-state index is 0.0168. The molecule has 1 amide bonds. The number of anilines is 2. The topological polar surface area (TPSA) is 83.0 Å². The van der Waals surface area contributed by atoms with Crippen LogP contribution in [0.1, 0.15) is 24.6 Å². The Kier molecular flexibility index (Phi) is 4.77. The Labute approximate surface area is 135 Å². The van der Waals surface area contributed by atoms with Crippen molar-refractivity contribution in [3.05, 3.63) is 42.4 Å². The summed E-state index contributed by atoms with van der Waals surface area (Å²) in [6, 6.07) is 7.50. The van der Waals surface area contributed by atoms with Crippen LogP contribution in [0.2, 0.25) is 0 Å². The lowest BCUT2D eigenvalue weighted by Gasteiger charge is -2.24. The molecule has 0 spiro atoms. The van der Waals surface area contributed by atoms with E-state index in [2.05, 4.69) is 25.6 Å². The first kappa shape index (κ1) is 15.4. The van der Waals surface area contributed by atoms with Crippen LogP contribution in [0.3, 0.4) is 0 Å². The number of hydrogen-bond donors (Lipinski definition) is 2. The molecule has 0 radical (unpaired) electrons. The summed E-state index contributed by atoms with van der Waals surface area (Å²) >= 11 is 0. The monoisotopic (exact) mass is 312 g/mol. The molecule has 2 N–H and O–H groups in total. The first-order chi connectivity index (χ1) is 11.3. The molecule has 1 saturated heterocycles. The van der Waals surface area contributed by atoms with E-state index in [1.807, 2.05) is 29.2 Å². The molecule has 2 aromatic heterocycles. The van der Waals surface area contributed by atoms with E-state index in [0.29, 0.717) is 18.3 Å². The van der Waals surface area contributed by atoms with Crippen molar-refractivity contribution >= 4 is 17.7 Å². The molecule has 0 aromatic carbocycles. The maximum atomic E-state index is 12.2. The normalized spacial score (nSPS) is 17.3. The summed E-state index contributed by atoms with van der Waals surface area (Å²) in [7, 11) is 1.78. The van der Waals surface area contributed by atoms with Gasteiger partial charge in [-0.2, -0.15) is 0 Å². The zero-order chi connectivity index (χ0) is 16.1. The Morgan fingerprint density at radius 1 is 1.30 bits per heavy atom. The van der Waals surface area contributed by atoms with Crippen molar-refractivity contribution in [2.75, 3.05) is 25.5 Å². The Hall–Kier alpha value is -2.54. The third-order valence-electron chi connectivity index (χ3n) is 3.82. The van der Waals surface area contributed by atoms with Crippen molar-refractivity contribution in [1.82, 2.24) is 25.2 Å². The predicted octanol–water partition coefficient (Wildman–Crippen LogP) is 1.50. The van der Waals surface area contributed by atoms with Crippen molar-refractivity contribution in [2.24, 2.45) is 0 Å². The number of carbonyl (C=O) groups excluding carboxylic acids is 1. The molecule has 0 aliphatic carbocycles. The second kappa shape index (κ2) is 7.15. The standard InChI is InChI=1S/C16H20N6O/c1-17-11-15(23)22-10-4-5-13(22)12-7-9-19-16(20-12)21-14-6-2-3-8-18-14/h2-3,6-9,13,17H,4-5,10-11H2,1H3,(H,18,19,20,21)/t13-/m0/s1. The largest absolute Gasteiger partial charge is 0.333 e. The number of pyridine rings is 1. The van der Waals surface area contributed by atoms with Crippen LogP contribution in [0.5, 0.6) is 0 Å². The van der Waals surface area contributed by atoms with Gasteiger partial charge in [-0.1, -0.05) is 6.07 Å². The number of likely N-dealkylation sites (N-methyl/N-ethyl adjacent to an activating group) is 1. The van der Waals surface area contributed by atoms with Gasteiger partial charge in [-0.25, -0.2) is 15.0 Å². The third-order valence-corrected chi connectivity index (χ3v) is 3.82. The van der Waals surface area contributed by atoms with Gasteiger partial charge in [-0.05, 0) is 38.1 Å². The number of nitrogens with one attached hydrogen (secondary N) is 2. The summed E-state index contributed by atoms with van der Waals surface area (Å²) in [5, 5.41) is 6.00. The number of carbonyl (C=O) groups is 1. The molecule has 3 rings (SSSR count). The summed E-state index contributed by atoms with van der Waals surface area (Å²) < 4.78 is 0. The van der Waals surface area contributed by atoms with E-state index in [0.717, 1.165) is 25.1 Å². The van der Waals surface area contributed by atoms with Gasteiger partial charge < -0.3 is 15.5 Å². The van der Waals surface area contributed by atoms with Gasteiger partial charge in [0.1, 0.15) is 5.82 Å². The molecule has 1 aliphatic heterocycles. The van der Waals surface area contributed by atoms with E-state index in [-0.39, 0.29) is 11.9 Å². The number of amides is 1. The highest BCUT2D eigenvalue weighted by molar-refractivity contribution is 5.79. The highest BCUT2D eigenvalue weighted by Gasteiger charge is 2.30. The van der Waals surface area contributed by atoms with Gasteiger partial charge in [0.15, 0.2) is 0 Å². The van der Waals surface area contributed by atoms with E-state index in [1.54, 1.807) is 19.4 Å². The van der Waals surface area contributed by atoms with Gasteiger partial charge in [0.05, 0.1) is 18.3 Å². The smallest absolute Gasteiger partial charge is 0.237 e. The number of aromatic nitrogens is 3. The molecule has 3 heterocycles. The minimum Gasteiger partial charge on any atom is -0.333 e. The summed E-state index contributed by atoms with van der Waals surface area (Å²) in [6.45, 7) is 1.12. The average molecular weight is 312 g/mol. The Bertz CT molecular complexity index is 663. The van der Waals surface area contributed by atoms with Crippen LogP contribution >= 0.6 is 0 Å². The van der Waals surface area contributed by atoms with Crippen LogP contribution < -0.4 is 10.6 Å². The molecule has 0 unspecified atom stereocenters. The van der Waals surface area contributed by atoms with Crippen molar-refractivity contribution in [2.45, 2.75) is 18.9 Å². The fourth-order valence-electron chi connectivity index (χ4n) is 2.80. The van der Waals surface area contributed by atoms with Crippen molar-refractivity contribution in [3.8, 4) is 0 Å². The molecule has 1 atom stereocenters. The summed E-state index contributed by atoms with van der Waals surface area (Å²) in [5.41, 5.74) is 0.861. The molecule has 120 valence electrons. The highest BCUT2D eigenvalue weighted by atomic mass is 16.2.